The maximum Gasteiger partial charge on any atom is 0.279 e. The van der Waals surface area contributed by atoms with E-state index in [1.165, 1.54) is 6.07 Å². The number of phenolic OH excluding ortho intramolecular Hbond substituents is 1. The number of nitrogens with zero attached hydrogens (tertiary/aromatic N) is 2. The van der Waals surface area contributed by atoms with Crippen molar-refractivity contribution in [1.82, 2.24) is 0 Å². The third-order valence-corrected chi connectivity index (χ3v) is 1.96. The Morgan fingerprint density at radius 1 is 1.44 bits per heavy atom. The van der Waals surface area contributed by atoms with Gasteiger partial charge in [-0.15, -0.1) is 0 Å². The number of phenols is 1. The van der Waals surface area contributed by atoms with Crippen molar-refractivity contribution in [3.63, 3.8) is 0 Å². The van der Waals surface area contributed by atoms with Crippen LogP contribution in [0.25, 0.3) is 0 Å². The first-order chi connectivity index (χ1) is 7.47. The van der Waals surface area contributed by atoms with E-state index in [0.29, 0.717) is 0 Å². The number of benzene rings is 1. The number of rotatable bonds is 3. The largest absolute Gasteiger partial charge is 0.508 e. The molecule has 0 aliphatic rings. The fourth-order valence-electron chi connectivity index (χ4n) is 1.18. The van der Waals surface area contributed by atoms with Crippen molar-refractivity contribution in [3.05, 3.63) is 33.9 Å². The fourth-order valence-corrected chi connectivity index (χ4v) is 1.18. The Labute approximate surface area is 90.0 Å². The summed E-state index contributed by atoms with van der Waals surface area (Å²) in [5.41, 5.74) is -0.779. The van der Waals surface area contributed by atoms with E-state index in [-0.39, 0.29) is 11.3 Å². The minimum Gasteiger partial charge on any atom is -0.508 e. The molecule has 0 heterocycles. The Bertz CT molecular complexity index is 454. The number of hydrogen-bond donors (Lipinski definition) is 3. The molecule has 0 fully saturated rings. The van der Waals surface area contributed by atoms with Crippen LogP contribution in [0, 0.1) is 21.4 Å². The van der Waals surface area contributed by atoms with Crippen molar-refractivity contribution < 1.29 is 20.2 Å². The molecule has 7 heteroatoms. The summed E-state index contributed by atoms with van der Waals surface area (Å²) in [5, 5.41) is 46.5. The van der Waals surface area contributed by atoms with Gasteiger partial charge in [0.25, 0.3) is 5.69 Å². The summed E-state index contributed by atoms with van der Waals surface area (Å²) in [5.74, 6) is -0.339. The van der Waals surface area contributed by atoms with E-state index in [1.54, 1.807) is 0 Å². The Balaban J connectivity index is 3.23. The summed E-state index contributed by atoms with van der Waals surface area (Å²) in [7, 11) is 0. The second-order valence-electron chi connectivity index (χ2n) is 3.02. The van der Waals surface area contributed by atoms with Crippen molar-refractivity contribution in [2.45, 2.75) is 12.2 Å². The zero-order chi connectivity index (χ0) is 12.3. The van der Waals surface area contributed by atoms with Crippen molar-refractivity contribution >= 4 is 5.69 Å². The van der Waals surface area contributed by atoms with Crippen LogP contribution in [0.15, 0.2) is 18.2 Å². The lowest BCUT2D eigenvalue weighted by molar-refractivity contribution is -0.386. The van der Waals surface area contributed by atoms with Crippen molar-refractivity contribution in [3.8, 4) is 11.8 Å². The first-order valence-electron chi connectivity index (χ1n) is 4.20. The number of aliphatic hydroxyl groups excluding tert-OH is 2. The summed E-state index contributed by atoms with van der Waals surface area (Å²) < 4.78 is 0. The Hall–Kier alpha value is -2.17. The number of aromatic hydroxyl groups is 1. The van der Waals surface area contributed by atoms with Crippen LogP contribution in [0.1, 0.15) is 11.7 Å². The molecule has 0 radical (unpaired) electrons. The molecular formula is C9H8N2O5. The van der Waals surface area contributed by atoms with E-state index in [0.717, 1.165) is 18.2 Å². The first-order valence-corrected chi connectivity index (χ1v) is 4.20. The van der Waals surface area contributed by atoms with Gasteiger partial charge in [-0.1, -0.05) is 0 Å². The average Bonchev–Trinajstić information content (AvgIpc) is 2.26. The normalized spacial score (nSPS) is 13.8. The minimum atomic E-state index is -1.76. The van der Waals surface area contributed by atoms with Gasteiger partial charge in [-0.2, -0.15) is 5.26 Å². The molecule has 1 aromatic rings. The minimum absolute atomic E-state index is 0.225. The molecule has 16 heavy (non-hydrogen) atoms. The van der Waals surface area contributed by atoms with Crippen LogP contribution in [0.4, 0.5) is 5.69 Å². The van der Waals surface area contributed by atoms with Gasteiger partial charge in [0.2, 0.25) is 0 Å². The van der Waals surface area contributed by atoms with Gasteiger partial charge in [0.15, 0.2) is 6.10 Å². The molecule has 2 unspecified atom stereocenters. The molecule has 0 aliphatic heterocycles. The molecule has 84 valence electrons. The highest BCUT2D eigenvalue weighted by molar-refractivity contribution is 5.47. The SMILES string of the molecule is N#CC(O)C(O)c1ccc(O)cc1[N+](=O)[O-]. The molecule has 0 aromatic heterocycles. The van der Waals surface area contributed by atoms with Gasteiger partial charge in [0.05, 0.1) is 22.6 Å². The number of nitriles is 1. The number of nitro benzene ring substituents is 1. The van der Waals surface area contributed by atoms with Gasteiger partial charge in [0, 0.05) is 0 Å². The van der Waals surface area contributed by atoms with Crippen molar-refractivity contribution in [2.75, 3.05) is 0 Å². The van der Waals surface area contributed by atoms with Crippen LogP contribution >= 0.6 is 0 Å². The first kappa shape index (κ1) is 11.9. The van der Waals surface area contributed by atoms with Gasteiger partial charge in [-0.3, -0.25) is 10.1 Å². The van der Waals surface area contributed by atoms with E-state index < -0.39 is 22.8 Å². The Morgan fingerprint density at radius 2 is 2.06 bits per heavy atom. The molecule has 1 rings (SSSR count). The van der Waals surface area contributed by atoms with E-state index >= 15 is 0 Å². The summed E-state index contributed by atoms with van der Waals surface area (Å²) in [6.07, 6.45) is -3.45. The summed E-state index contributed by atoms with van der Waals surface area (Å²) in [4.78, 5) is 9.79. The fraction of sp³-hybridized carbons (Fsp3) is 0.222. The summed E-state index contributed by atoms with van der Waals surface area (Å²) in [6, 6.07) is 4.40. The van der Waals surface area contributed by atoms with Crippen LogP contribution in [-0.2, 0) is 0 Å². The second kappa shape index (κ2) is 4.57. The second-order valence-corrected chi connectivity index (χ2v) is 3.02. The van der Waals surface area contributed by atoms with Gasteiger partial charge in [-0.25, -0.2) is 0 Å². The smallest absolute Gasteiger partial charge is 0.279 e. The summed E-state index contributed by atoms with van der Waals surface area (Å²) >= 11 is 0. The van der Waals surface area contributed by atoms with E-state index in [4.69, 9.17) is 15.5 Å². The van der Waals surface area contributed by atoms with Gasteiger partial charge in [0.1, 0.15) is 11.9 Å². The van der Waals surface area contributed by atoms with Gasteiger partial charge in [-0.05, 0) is 12.1 Å². The molecule has 0 saturated heterocycles. The molecule has 0 saturated carbocycles. The summed E-state index contributed by atoms with van der Waals surface area (Å²) in [6.45, 7) is 0. The third-order valence-electron chi connectivity index (χ3n) is 1.96. The monoisotopic (exact) mass is 224 g/mol. The maximum atomic E-state index is 10.6. The van der Waals surface area contributed by atoms with Gasteiger partial charge >= 0.3 is 0 Å². The van der Waals surface area contributed by atoms with Gasteiger partial charge < -0.3 is 15.3 Å². The van der Waals surface area contributed by atoms with Crippen LogP contribution < -0.4 is 0 Å². The molecule has 7 nitrogen and oxygen atoms in total. The van der Waals surface area contributed by atoms with E-state index in [2.05, 4.69) is 0 Å². The zero-order valence-corrected chi connectivity index (χ0v) is 7.94. The molecule has 2 atom stereocenters. The molecule has 0 bridgehead atoms. The highest BCUT2D eigenvalue weighted by atomic mass is 16.6. The standard InChI is InChI=1S/C9H8N2O5/c10-4-8(13)9(14)6-2-1-5(12)3-7(6)11(15)16/h1-3,8-9,12-14H. The zero-order valence-electron chi connectivity index (χ0n) is 7.94. The van der Waals surface area contributed by atoms with Crippen molar-refractivity contribution in [2.24, 2.45) is 0 Å². The quantitative estimate of drug-likeness (QED) is 0.382. The molecule has 0 amide bonds. The molecule has 1 aromatic carbocycles. The van der Waals surface area contributed by atoms with Crippen LogP contribution in [0.2, 0.25) is 0 Å². The highest BCUT2D eigenvalue weighted by Crippen LogP contribution is 2.30. The number of nitro groups is 1. The third kappa shape index (κ3) is 2.25. The maximum absolute atomic E-state index is 10.6. The lowest BCUT2D eigenvalue weighted by Gasteiger charge is -2.12. The molecule has 3 N–H and O–H groups in total. The van der Waals surface area contributed by atoms with Crippen LogP contribution in [0.5, 0.6) is 5.75 Å². The highest BCUT2D eigenvalue weighted by Gasteiger charge is 2.26. The lowest BCUT2D eigenvalue weighted by atomic mass is 10.0. The topological polar surface area (TPSA) is 128 Å². The molecule has 0 spiro atoms. The predicted molar refractivity (Wildman–Crippen MR) is 51.3 cm³/mol. The van der Waals surface area contributed by atoms with Crippen LogP contribution in [-0.4, -0.2) is 26.3 Å². The lowest BCUT2D eigenvalue weighted by Crippen LogP contribution is -2.17. The number of aliphatic hydroxyl groups is 2. The predicted octanol–water partition coefficient (Wildman–Crippen LogP) is 0.218. The number of hydrogen-bond acceptors (Lipinski definition) is 6. The van der Waals surface area contributed by atoms with Crippen LogP contribution in [0.3, 0.4) is 0 Å². The van der Waals surface area contributed by atoms with E-state index in [1.807, 2.05) is 0 Å². The molecular weight excluding hydrogens is 216 g/mol. The van der Waals surface area contributed by atoms with E-state index in [9.17, 15) is 15.2 Å². The molecule has 0 aliphatic carbocycles. The average molecular weight is 224 g/mol. The van der Waals surface area contributed by atoms with Crippen molar-refractivity contribution in [1.29, 1.82) is 5.26 Å². The Morgan fingerprint density at radius 3 is 2.56 bits per heavy atom. The Kier molecular flexibility index (Phi) is 3.40.